The van der Waals surface area contributed by atoms with Gasteiger partial charge in [0.2, 0.25) is 5.91 Å². The van der Waals surface area contributed by atoms with Crippen molar-refractivity contribution in [3.63, 3.8) is 0 Å². The number of para-hydroxylation sites is 2. The summed E-state index contributed by atoms with van der Waals surface area (Å²) in [5.74, 6) is 2.85. The lowest BCUT2D eigenvalue weighted by atomic mass is 9.92. The Hall–Kier alpha value is -1.83. The maximum atomic E-state index is 12.5. The topological polar surface area (TPSA) is 42.0 Å². The molecule has 3 aliphatic heterocycles. The van der Waals surface area contributed by atoms with E-state index in [2.05, 4.69) is 40.1 Å². The Bertz CT molecular complexity index is 921. The van der Waals surface area contributed by atoms with Gasteiger partial charge >= 0.3 is 0 Å². The van der Waals surface area contributed by atoms with Crippen LogP contribution in [0.1, 0.15) is 44.1 Å². The summed E-state index contributed by atoms with van der Waals surface area (Å²) in [4.78, 5) is 17.2. The van der Waals surface area contributed by atoms with Gasteiger partial charge in [-0.25, -0.2) is 0 Å². The second-order valence-corrected chi connectivity index (χ2v) is 9.85. The lowest BCUT2D eigenvalue weighted by Gasteiger charge is -2.36. The molecular formula is C28H40N2O3S2. The van der Waals surface area contributed by atoms with E-state index in [-0.39, 0.29) is 33.1 Å². The number of rotatable bonds is 8. The molecule has 0 bridgehead atoms. The maximum Gasteiger partial charge on any atom is 0.222 e. The highest BCUT2D eigenvalue weighted by molar-refractivity contribution is 7.59. The van der Waals surface area contributed by atoms with Crippen LogP contribution in [0.3, 0.4) is 0 Å². The quantitative estimate of drug-likeness (QED) is 0.507. The Morgan fingerprint density at radius 2 is 1.60 bits per heavy atom. The molecule has 0 aliphatic carbocycles. The zero-order chi connectivity index (χ0) is 22.5. The van der Waals surface area contributed by atoms with Crippen molar-refractivity contribution in [3.8, 4) is 11.5 Å². The Balaban J connectivity index is 0.00000171. The van der Waals surface area contributed by atoms with Crippen LogP contribution in [0.25, 0.3) is 0 Å². The summed E-state index contributed by atoms with van der Waals surface area (Å²) in [5, 5.41) is 0. The molecule has 0 aromatic heterocycles. The van der Waals surface area contributed by atoms with E-state index in [1.165, 1.54) is 24.8 Å². The molecular weight excluding hydrogens is 476 g/mol. The van der Waals surface area contributed by atoms with Crippen LogP contribution in [-0.4, -0.2) is 60.6 Å². The van der Waals surface area contributed by atoms with Gasteiger partial charge in [0, 0.05) is 25.6 Å². The maximum absolute atomic E-state index is 12.5. The first-order chi connectivity index (χ1) is 16.2. The van der Waals surface area contributed by atoms with Gasteiger partial charge in [0.25, 0.3) is 0 Å². The van der Waals surface area contributed by atoms with E-state index in [1.54, 1.807) is 0 Å². The molecule has 0 N–H and O–H groups in total. The first kappa shape index (κ1) is 27.8. The Labute approximate surface area is 224 Å². The largest absolute Gasteiger partial charge is 0.486 e. The molecule has 2 aromatic rings. The number of benzene rings is 2. The molecule has 35 heavy (non-hydrogen) atoms. The van der Waals surface area contributed by atoms with Crippen molar-refractivity contribution in [2.75, 3.05) is 32.8 Å². The summed E-state index contributed by atoms with van der Waals surface area (Å²) in [6.45, 7) is 4.75. The molecule has 0 saturated carbocycles. The number of nitrogens with zero attached hydrogens (tertiary/aromatic N) is 2. The minimum Gasteiger partial charge on any atom is -0.486 e. The normalized spacial score (nSPS) is 22.4. The van der Waals surface area contributed by atoms with Crippen molar-refractivity contribution >= 4 is 32.9 Å². The van der Waals surface area contributed by atoms with E-state index in [0.717, 1.165) is 62.9 Å². The van der Waals surface area contributed by atoms with Gasteiger partial charge in [0.05, 0.1) is 0 Å². The van der Waals surface area contributed by atoms with Crippen molar-refractivity contribution in [1.82, 2.24) is 9.80 Å². The van der Waals surface area contributed by atoms with E-state index in [1.807, 2.05) is 24.3 Å². The smallest absolute Gasteiger partial charge is 0.222 e. The van der Waals surface area contributed by atoms with Crippen LogP contribution >= 0.6 is 27.0 Å². The highest BCUT2D eigenvalue weighted by atomic mass is 32.1. The number of carbonyl (C=O) groups is 1. The fourth-order valence-electron chi connectivity index (χ4n) is 5.65. The van der Waals surface area contributed by atoms with E-state index >= 15 is 0 Å². The Kier molecular flexibility index (Phi) is 10.7. The number of carbonyl (C=O) groups excluding carboxylic acids is 1. The molecule has 7 heteroatoms. The molecule has 0 unspecified atom stereocenters. The van der Waals surface area contributed by atoms with Gasteiger partial charge in [-0.2, -0.15) is 27.0 Å². The van der Waals surface area contributed by atoms with Crippen LogP contribution < -0.4 is 9.47 Å². The van der Waals surface area contributed by atoms with E-state index in [4.69, 9.17) is 9.47 Å². The molecule has 0 radical (unpaired) electrons. The third kappa shape index (κ3) is 7.34. The van der Waals surface area contributed by atoms with Crippen molar-refractivity contribution in [3.05, 3.63) is 60.2 Å². The highest BCUT2D eigenvalue weighted by Crippen LogP contribution is 2.32. The third-order valence-corrected chi connectivity index (χ3v) is 7.51. The first-order valence-electron chi connectivity index (χ1n) is 12.7. The predicted molar refractivity (Wildman–Crippen MR) is 150 cm³/mol. The minimum absolute atomic E-state index is 0. The summed E-state index contributed by atoms with van der Waals surface area (Å²) in [7, 11) is 0. The number of hydrogen-bond acceptors (Lipinski definition) is 4. The van der Waals surface area contributed by atoms with Crippen LogP contribution in [-0.2, 0) is 11.2 Å². The lowest BCUT2D eigenvalue weighted by molar-refractivity contribution is -0.129. The summed E-state index contributed by atoms with van der Waals surface area (Å²) >= 11 is 0. The third-order valence-electron chi connectivity index (χ3n) is 7.51. The molecule has 5 nitrogen and oxygen atoms in total. The van der Waals surface area contributed by atoms with Gasteiger partial charge in [-0.05, 0) is 75.2 Å². The van der Waals surface area contributed by atoms with Gasteiger partial charge in [0.15, 0.2) is 11.5 Å². The van der Waals surface area contributed by atoms with Crippen LogP contribution in [0.4, 0.5) is 0 Å². The molecule has 2 atom stereocenters. The number of piperidine rings is 1. The first-order valence-corrected chi connectivity index (χ1v) is 12.7. The number of fused-ring (bicyclic) bond motifs is 1. The predicted octanol–water partition coefficient (Wildman–Crippen LogP) is 4.78. The number of ether oxygens (including phenoxy) is 2. The van der Waals surface area contributed by atoms with E-state index in [0.29, 0.717) is 25.0 Å². The molecule has 0 spiro atoms. The minimum atomic E-state index is 0. The van der Waals surface area contributed by atoms with Gasteiger partial charge < -0.3 is 14.4 Å². The van der Waals surface area contributed by atoms with Crippen LogP contribution in [0.5, 0.6) is 11.5 Å². The lowest BCUT2D eigenvalue weighted by Crippen LogP contribution is -2.44. The van der Waals surface area contributed by atoms with Crippen LogP contribution in [0.15, 0.2) is 54.6 Å². The fraction of sp³-hybridized carbons (Fsp3) is 0.536. The molecule has 2 saturated heterocycles. The zero-order valence-electron chi connectivity index (χ0n) is 20.5. The molecule has 2 fully saturated rings. The van der Waals surface area contributed by atoms with Gasteiger partial charge in [-0.3, -0.25) is 9.69 Å². The zero-order valence-corrected chi connectivity index (χ0v) is 22.5. The number of amides is 1. The number of likely N-dealkylation sites (tertiary alicyclic amines) is 2. The van der Waals surface area contributed by atoms with Crippen LogP contribution in [0, 0.1) is 5.92 Å². The van der Waals surface area contributed by atoms with Crippen molar-refractivity contribution < 1.29 is 14.3 Å². The Morgan fingerprint density at radius 3 is 2.37 bits per heavy atom. The highest BCUT2D eigenvalue weighted by Gasteiger charge is 2.31. The average molecular weight is 517 g/mol. The monoisotopic (exact) mass is 516 g/mol. The Morgan fingerprint density at radius 1 is 0.886 bits per heavy atom. The van der Waals surface area contributed by atoms with Gasteiger partial charge in [-0.15, -0.1) is 0 Å². The SMILES string of the molecule is O=C1CC[C@H](Cc2ccccc2)N1CCCC1CCN(C[C@H]2COc3ccccc3O2)CC1.S.S. The molecule has 2 aromatic carbocycles. The van der Waals surface area contributed by atoms with Crippen molar-refractivity contribution in [2.45, 2.75) is 57.1 Å². The molecule has 3 aliphatic rings. The van der Waals surface area contributed by atoms with E-state index in [9.17, 15) is 4.79 Å². The summed E-state index contributed by atoms with van der Waals surface area (Å²) in [5.41, 5.74) is 1.34. The standard InChI is InChI=1S/C28H36N2O3.2H2S/c31-28-13-12-24(19-23-7-2-1-3-8-23)30(28)16-6-9-22-14-17-29(18-15-22)20-25-21-32-26-10-4-5-11-27(26)33-25;;/h1-5,7-8,10-11,22,24-25H,6,9,12-21H2;2*1H2/t24-,25+;;/m1../s1. The summed E-state index contributed by atoms with van der Waals surface area (Å²) in [6, 6.07) is 18.9. The second-order valence-electron chi connectivity index (χ2n) is 9.85. The van der Waals surface area contributed by atoms with Crippen molar-refractivity contribution in [2.24, 2.45) is 5.92 Å². The summed E-state index contributed by atoms with van der Waals surface area (Å²) < 4.78 is 12.0. The molecule has 3 heterocycles. The molecule has 5 rings (SSSR count). The van der Waals surface area contributed by atoms with Gasteiger partial charge in [-0.1, -0.05) is 42.5 Å². The van der Waals surface area contributed by atoms with Gasteiger partial charge in [0.1, 0.15) is 12.7 Å². The van der Waals surface area contributed by atoms with Crippen molar-refractivity contribution in [1.29, 1.82) is 0 Å². The second kappa shape index (κ2) is 13.5. The number of hydrogen-bond donors (Lipinski definition) is 0. The fourth-order valence-corrected chi connectivity index (χ4v) is 5.65. The average Bonchev–Trinajstić information content (AvgIpc) is 3.19. The summed E-state index contributed by atoms with van der Waals surface area (Å²) in [6.07, 6.45) is 7.65. The van der Waals surface area contributed by atoms with E-state index < -0.39 is 0 Å². The molecule has 1 amide bonds. The molecule has 192 valence electrons. The van der Waals surface area contributed by atoms with Crippen LogP contribution in [0.2, 0.25) is 0 Å².